The number of fused-ring (bicyclic) bond motifs is 1. The molecule has 0 aromatic carbocycles. The zero-order valence-electron chi connectivity index (χ0n) is 10.6. The molecule has 1 aliphatic carbocycles. The van der Waals surface area contributed by atoms with E-state index in [1.807, 2.05) is 16.7 Å². The molecule has 106 valence electrons. The zero-order chi connectivity index (χ0) is 14.3. The van der Waals surface area contributed by atoms with Crippen molar-refractivity contribution in [2.45, 2.75) is 31.8 Å². The van der Waals surface area contributed by atoms with Crippen LogP contribution in [0.1, 0.15) is 19.4 Å². The van der Waals surface area contributed by atoms with E-state index >= 15 is 0 Å². The molecule has 20 heavy (non-hydrogen) atoms. The molecule has 0 spiro atoms. The number of halogens is 2. The molecule has 0 unspecified atom stereocenters. The van der Waals surface area contributed by atoms with Crippen LogP contribution >= 0.6 is 23.2 Å². The Morgan fingerprint density at radius 2 is 2.20 bits per heavy atom. The normalized spacial score (nSPS) is 23.6. The highest BCUT2D eigenvalue weighted by molar-refractivity contribution is 6.35. The van der Waals surface area contributed by atoms with Gasteiger partial charge in [-0.25, -0.2) is 9.97 Å². The maximum absolute atomic E-state index is 9.24. The van der Waals surface area contributed by atoms with E-state index in [0.717, 1.165) is 0 Å². The van der Waals surface area contributed by atoms with Gasteiger partial charge in [-0.15, -0.1) is 0 Å². The summed E-state index contributed by atoms with van der Waals surface area (Å²) >= 11 is 11.8. The molecule has 0 saturated carbocycles. The Balaban J connectivity index is 1.91. The smallest absolute Gasteiger partial charge is 0.225 e. The average Bonchev–Trinajstić information content (AvgIpc) is 2.94. The molecule has 0 aliphatic heterocycles. The highest BCUT2D eigenvalue weighted by Crippen LogP contribution is 2.30. The largest absolute Gasteiger partial charge is 0.368 e. The van der Waals surface area contributed by atoms with Gasteiger partial charge in [0.05, 0.1) is 18.5 Å². The van der Waals surface area contributed by atoms with Gasteiger partial charge in [-0.2, -0.15) is 4.98 Å². The summed E-state index contributed by atoms with van der Waals surface area (Å²) in [5.74, 6) is 0. The standard InChI is InChI=1S/C12H12Cl2N4O2/c1-6(19)20-8-3-2-7(4-8)18-5-15-9-10(13)16-12(14)17-11(9)18/h2-3,5-8,19H,4H2,1H3/t6-,7-,8+/m0/s1. The van der Waals surface area contributed by atoms with Crippen LogP contribution in [0, 0.1) is 0 Å². The van der Waals surface area contributed by atoms with Gasteiger partial charge < -0.3 is 14.4 Å². The molecule has 2 aromatic rings. The molecule has 0 radical (unpaired) electrons. The van der Waals surface area contributed by atoms with Gasteiger partial charge in [-0.3, -0.25) is 0 Å². The van der Waals surface area contributed by atoms with Gasteiger partial charge in [0, 0.05) is 6.42 Å². The maximum Gasteiger partial charge on any atom is 0.225 e. The van der Waals surface area contributed by atoms with Gasteiger partial charge in [0.2, 0.25) is 5.28 Å². The molecule has 3 rings (SSSR count). The number of hydrogen-bond acceptors (Lipinski definition) is 5. The fraction of sp³-hybridized carbons (Fsp3) is 0.417. The second kappa shape index (κ2) is 5.29. The van der Waals surface area contributed by atoms with Crippen LogP contribution < -0.4 is 0 Å². The lowest BCUT2D eigenvalue weighted by molar-refractivity contribution is -0.109. The molecule has 0 bridgehead atoms. The van der Waals surface area contributed by atoms with Crippen LogP contribution in [0.25, 0.3) is 11.2 Å². The van der Waals surface area contributed by atoms with Crippen LogP contribution in [0.3, 0.4) is 0 Å². The molecule has 2 heterocycles. The summed E-state index contributed by atoms with van der Waals surface area (Å²) in [5, 5.41) is 9.56. The van der Waals surface area contributed by atoms with Crippen LogP contribution in [-0.2, 0) is 4.74 Å². The minimum atomic E-state index is -0.797. The lowest BCUT2D eigenvalue weighted by Crippen LogP contribution is -2.17. The number of aliphatic hydroxyl groups excluding tert-OH is 1. The molecule has 1 aliphatic rings. The first kappa shape index (κ1) is 13.8. The molecule has 1 N–H and O–H groups in total. The molecular formula is C12H12Cl2N4O2. The van der Waals surface area contributed by atoms with Crippen LogP contribution in [0.5, 0.6) is 0 Å². The fourth-order valence-corrected chi connectivity index (χ4v) is 2.73. The van der Waals surface area contributed by atoms with E-state index in [1.54, 1.807) is 13.3 Å². The van der Waals surface area contributed by atoms with Crippen molar-refractivity contribution in [2.75, 3.05) is 0 Å². The number of imidazole rings is 1. The molecule has 2 aromatic heterocycles. The predicted molar refractivity (Wildman–Crippen MR) is 74.7 cm³/mol. The van der Waals surface area contributed by atoms with Crippen LogP contribution in [0.4, 0.5) is 0 Å². The summed E-state index contributed by atoms with van der Waals surface area (Å²) < 4.78 is 7.22. The fourth-order valence-electron chi connectivity index (χ4n) is 2.31. The third-order valence-electron chi connectivity index (χ3n) is 3.10. The minimum absolute atomic E-state index is 0.0331. The number of aliphatic hydroxyl groups is 1. The van der Waals surface area contributed by atoms with E-state index < -0.39 is 6.29 Å². The second-order valence-electron chi connectivity index (χ2n) is 4.57. The van der Waals surface area contributed by atoms with Crippen molar-refractivity contribution in [1.29, 1.82) is 0 Å². The Morgan fingerprint density at radius 1 is 1.40 bits per heavy atom. The highest BCUT2D eigenvalue weighted by atomic mass is 35.5. The topological polar surface area (TPSA) is 73.1 Å². The third-order valence-corrected chi connectivity index (χ3v) is 3.53. The Labute approximate surface area is 125 Å². The summed E-state index contributed by atoms with van der Waals surface area (Å²) in [6.45, 7) is 1.58. The monoisotopic (exact) mass is 314 g/mol. The zero-order valence-corrected chi connectivity index (χ0v) is 12.1. The molecule has 6 nitrogen and oxygen atoms in total. The predicted octanol–water partition coefficient (Wildman–Crippen LogP) is 2.36. The summed E-state index contributed by atoms with van der Waals surface area (Å²) in [5.41, 5.74) is 1.10. The first-order valence-electron chi connectivity index (χ1n) is 6.12. The number of nitrogens with zero attached hydrogens (tertiary/aromatic N) is 4. The second-order valence-corrected chi connectivity index (χ2v) is 5.27. The van der Waals surface area contributed by atoms with Gasteiger partial charge in [0.1, 0.15) is 5.52 Å². The SMILES string of the molecule is C[C@@H](O)O[C@@H]1C=C[C@H](n2cnc3c(Cl)nc(Cl)nc32)C1. The van der Waals surface area contributed by atoms with Gasteiger partial charge in [-0.05, 0) is 18.5 Å². The lowest BCUT2D eigenvalue weighted by Gasteiger charge is -2.16. The molecule has 0 fully saturated rings. The summed E-state index contributed by atoms with van der Waals surface area (Å²) in [6.07, 6.45) is 5.31. The van der Waals surface area contributed by atoms with Crippen molar-refractivity contribution in [3.05, 3.63) is 28.9 Å². The van der Waals surface area contributed by atoms with E-state index in [2.05, 4.69) is 15.0 Å². The Kier molecular flexibility index (Phi) is 3.64. The number of allylic oxidation sites excluding steroid dienone is 1. The quantitative estimate of drug-likeness (QED) is 0.407. The van der Waals surface area contributed by atoms with E-state index in [-0.39, 0.29) is 22.6 Å². The first-order chi connectivity index (χ1) is 9.54. The molecule has 0 amide bonds. The third kappa shape index (κ3) is 2.52. The van der Waals surface area contributed by atoms with E-state index in [9.17, 15) is 5.11 Å². The van der Waals surface area contributed by atoms with E-state index in [4.69, 9.17) is 27.9 Å². The van der Waals surface area contributed by atoms with Gasteiger partial charge in [0.25, 0.3) is 0 Å². The minimum Gasteiger partial charge on any atom is -0.368 e. The Hall–Kier alpha value is -1.21. The van der Waals surface area contributed by atoms with Crippen molar-refractivity contribution in [2.24, 2.45) is 0 Å². The number of aromatic nitrogens is 4. The van der Waals surface area contributed by atoms with Crippen LogP contribution in [0.15, 0.2) is 18.5 Å². The molecule has 8 heteroatoms. The number of ether oxygens (including phenoxy) is 1. The van der Waals surface area contributed by atoms with Crippen molar-refractivity contribution in [3.8, 4) is 0 Å². The Morgan fingerprint density at radius 3 is 2.95 bits per heavy atom. The van der Waals surface area contributed by atoms with Gasteiger partial charge >= 0.3 is 0 Å². The number of hydrogen-bond donors (Lipinski definition) is 1. The maximum atomic E-state index is 9.24. The molecule has 0 saturated heterocycles. The van der Waals surface area contributed by atoms with Gasteiger partial charge in [0.15, 0.2) is 17.1 Å². The van der Waals surface area contributed by atoms with Crippen LogP contribution in [-0.4, -0.2) is 37.0 Å². The summed E-state index contributed by atoms with van der Waals surface area (Å²) in [7, 11) is 0. The van der Waals surface area contributed by atoms with Crippen molar-refractivity contribution in [1.82, 2.24) is 19.5 Å². The van der Waals surface area contributed by atoms with Crippen molar-refractivity contribution < 1.29 is 9.84 Å². The summed E-state index contributed by atoms with van der Waals surface area (Å²) in [6, 6.07) is 0.0331. The average molecular weight is 315 g/mol. The van der Waals surface area contributed by atoms with Crippen molar-refractivity contribution >= 4 is 34.4 Å². The Bertz CT molecular complexity index is 671. The highest BCUT2D eigenvalue weighted by Gasteiger charge is 2.24. The van der Waals surface area contributed by atoms with Crippen LogP contribution in [0.2, 0.25) is 10.4 Å². The molecule has 3 atom stereocenters. The molecular weight excluding hydrogens is 303 g/mol. The van der Waals surface area contributed by atoms with Gasteiger partial charge in [-0.1, -0.05) is 23.8 Å². The van der Waals surface area contributed by atoms with E-state index in [1.165, 1.54) is 0 Å². The number of rotatable bonds is 3. The first-order valence-corrected chi connectivity index (χ1v) is 6.87. The summed E-state index contributed by atoms with van der Waals surface area (Å²) in [4.78, 5) is 12.3. The van der Waals surface area contributed by atoms with E-state index in [0.29, 0.717) is 17.6 Å². The lowest BCUT2D eigenvalue weighted by atomic mass is 10.2. The van der Waals surface area contributed by atoms with Crippen molar-refractivity contribution in [3.63, 3.8) is 0 Å².